The van der Waals surface area contributed by atoms with Crippen LogP contribution < -0.4 is 0 Å². The molecule has 0 amide bonds. The maximum atomic E-state index is 13.1. The Morgan fingerprint density at radius 2 is 1.37 bits per heavy atom. The summed E-state index contributed by atoms with van der Waals surface area (Å²) < 4.78 is 10.4. The number of hydrogen-bond donors (Lipinski definition) is 3. The summed E-state index contributed by atoms with van der Waals surface area (Å²) in [6, 6.07) is 15.4. The van der Waals surface area contributed by atoms with E-state index in [1.54, 1.807) is 36.4 Å². The molecule has 27 heavy (non-hydrogen) atoms. The van der Waals surface area contributed by atoms with Crippen molar-refractivity contribution >= 4 is 11.6 Å². The molecule has 2 aromatic carbocycles. The lowest BCUT2D eigenvalue weighted by molar-refractivity contribution is -0.178. The van der Waals surface area contributed by atoms with Crippen molar-refractivity contribution in [3.63, 3.8) is 0 Å². The summed E-state index contributed by atoms with van der Waals surface area (Å²) in [6.07, 6.45) is -3.21. The lowest BCUT2D eigenvalue weighted by Crippen LogP contribution is -2.68. The number of ketones is 2. The van der Waals surface area contributed by atoms with Crippen LogP contribution in [0.1, 0.15) is 20.7 Å². The number of carbonyl (C=O) groups is 2. The van der Waals surface area contributed by atoms with Gasteiger partial charge in [-0.15, -0.1) is 0 Å². The van der Waals surface area contributed by atoms with Gasteiger partial charge in [-0.25, -0.2) is 0 Å². The van der Waals surface area contributed by atoms with Gasteiger partial charge in [-0.05, 0) is 0 Å². The lowest BCUT2D eigenvalue weighted by atomic mass is 9.72. The smallest absolute Gasteiger partial charge is 0.217 e. The topological polar surface area (TPSA) is 113 Å². The summed E-state index contributed by atoms with van der Waals surface area (Å²) in [4.78, 5) is 26.3. The van der Waals surface area contributed by atoms with Crippen molar-refractivity contribution in [1.29, 1.82) is 0 Å². The second-order valence-electron chi connectivity index (χ2n) is 6.30. The first-order valence-corrected chi connectivity index (χ1v) is 8.34. The molecule has 142 valence electrons. The van der Waals surface area contributed by atoms with Crippen LogP contribution in [0.2, 0.25) is 0 Å². The number of rotatable bonds is 6. The highest BCUT2D eigenvalue weighted by atomic mass is 16.7. The van der Waals surface area contributed by atoms with E-state index in [1.165, 1.54) is 31.4 Å². The Morgan fingerprint density at radius 3 is 1.78 bits per heavy atom. The Kier molecular flexibility index (Phi) is 5.23. The van der Waals surface area contributed by atoms with Gasteiger partial charge >= 0.3 is 0 Å². The number of carbonyl (C=O) groups excluding carboxylic acids is 2. The minimum absolute atomic E-state index is 0.0538. The van der Waals surface area contributed by atoms with Crippen LogP contribution in [-0.2, 0) is 9.47 Å². The summed E-state index contributed by atoms with van der Waals surface area (Å²) in [6.45, 7) is -0.806. The van der Waals surface area contributed by atoms with Crippen LogP contribution >= 0.6 is 0 Å². The van der Waals surface area contributed by atoms with E-state index in [1.807, 2.05) is 0 Å². The van der Waals surface area contributed by atoms with Gasteiger partial charge in [-0.1, -0.05) is 60.7 Å². The van der Waals surface area contributed by atoms with Crippen molar-refractivity contribution in [2.75, 3.05) is 13.7 Å². The molecular formula is C20H20O7. The second kappa shape index (κ2) is 7.30. The highest BCUT2D eigenvalue weighted by Gasteiger charge is 2.73. The SMILES string of the molecule is CO[C@H]1O[C@H](CO)[C@](O)(C(=O)c2ccccc2)[C@]1(O)C(=O)c1ccccc1. The lowest BCUT2D eigenvalue weighted by Gasteiger charge is -2.37. The maximum Gasteiger partial charge on any atom is 0.217 e. The monoisotopic (exact) mass is 372 g/mol. The average Bonchev–Trinajstić information content (AvgIpc) is 2.96. The molecule has 0 unspecified atom stereocenters. The molecule has 1 aliphatic heterocycles. The third kappa shape index (κ3) is 2.80. The first-order chi connectivity index (χ1) is 12.9. The molecule has 0 radical (unpaired) electrons. The first-order valence-electron chi connectivity index (χ1n) is 8.34. The average molecular weight is 372 g/mol. The Balaban J connectivity index is 2.17. The van der Waals surface area contributed by atoms with E-state index in [4.69, 9.17) is 9.47 Å². The summed E-state index contributed by atoms with van der Waals surface area (Å²) in [5, 5.41) is 32.4. The molecule has 3 N–H and O–H groups in total. The van der Waals surface area contributed by atoms with Crippen molar-refractivity contribution in [2.24, 2.45) is 0 Å². The van der Waals surface area contributed by atoms with Gasteiger partial charge in [-0.3, -0.25) is 9.59 Å². The first kappa shape index (κ1) is 19.3. The fraction of sp³-hybridized carbons (Fsp3) is 0.300. The molecule has 2 aromatic rings. The molecule has 4 atom stereocenters. The molecule has 0 saturated carbocycles. The van der Waals surface area contributed by atoms with Crippen LogP contribution in [0.4, 0.5) is 0 Å². The number of ether oxygens (including phenoxy) is 2. The molecule has 1 saturated heterocycles. The molecule has 3 rings (SSSR count). The molecule has 0 aromatic heterocycles. The molecule has 1 heterocycles. The summed E-state index contributed by atoms with van der Waals surface area (Å²) in [5.74, 6) is -1.90. The molecule has 0 bridgehead atoms. The minimum atomic E-state index is -2.76. The van der Waals surface area contributed by atoms with Crippen molar-refractivity contribution in [2.45, 2.75) is 23.6 Å². The number of aliphatic hydroxyl groups is 3. The largest absolute Gasteiger partial charge is 0.394 e. The molecule has 7 heteroatoms. The zero-order valence-electron chi connectivity index (χ0n) is 14.6. The number of benzene rings is 2. The van der Waals surface area contributed by atoms with E-state index in [0.717, 1.165) is 0 Å². The number of hydrogen-bond acceptors (Lipinski definition) is 7. The van der Waals surface area contributed by atoms with Crippen molar-refractivity contribution in [3.8, 4) is 0 Å². The summed E-state index contributed by atoms with van der Waals surface area (Å²) in [5.41, 5.74) is -5.40. The number of methoxy groups -OCH3 is 1. The third-order valence-electron chi connectivity index (χ3n) is 4.82. The highest BCUT2D eigenvalue weighted by Crippen LogP contribution is 2.44. The molecule has 7 nitrogen and oxygen atoms in total. The van der Waals surface area contributed by atoms with Gasteiger partial charge < -0.3 is 24.8 Å². The van der Waals surface area contributed by atoms with E-state index < -0.39 is 41.8 Å². The molecule has 1 aliphatic rings. The molecule has 0 aliphatic carbocycles. The quantitative estimate of drug-likeness (QED) is 0.636. The van der Waals surface area contributed by atoms with E-state index >= 15 is 0 Å². The van der Waals surface area contributed by atoms with Crippen molar-refractivity contribution in [1.82, 2.24) is 0 Å². The molecule has 0 spiro atoms. The zero-order chi connectivity index (χ0) is 19.7. The zero-order valence-corrected chi connectivity index (χ0v) is 14.6. The van der Waals surface area contributed by atoms with Crippen LogP contribution in [0.3, 0.4) is 0 Å². The predicted octanol–water partition coefficient (Wildman–Crippen LogP) is 0.578. The van der Waals surface area contributed by atoms with E-state index in [-0.39, 0.29) is 11.1 Å². The van der Waals surface area contributed by atoms with E-state index in [9.17, 15) is 24.9 Å². The van der Waals surface area contributed by atoms with Gasteiger partial charge in [0.2, 0.25) is 17.2 Å². The maximum absolute atomic E-state index is 13.1. The van der Waals surface area contributed by atoms with E-state index in [2.05, 4.69) is 0 Å². The summed E-state index contributed by atoms with van der Waals surface area (Å²) in [7, 11) is 1.17. The van der Waals surface area contributed by atoms with Crippen LogP contribution in [0.25, 0.3) is 0 Å². The Labute approximate surface area is 155 Å². The number of Topliss-reactive ketones (excluding diaryl/α,β-unsaturated/α-hetero) is 2. The Hall–Kier alpha value is -2.42. The van der Waals surface area contributed by atoms with Crippen LogP contribution in [0.5, 0.6) is 0 Å². The van der Waals surface area contributed by atoms with Gasteiger partial charge in [0.25, 0.3) is 0 Å². The fourth-order valence-electron chi connectivity index (χ4n) is 3.39. The summed E-state index contributed by atoms with van der Waals surface area (Å²) >= 11 is 0. The van der Waals surface area contributed by atoms with Crippen molar-refractivity contribution in [3.05, 3.63) is 71.8 Å². The van der Waals surface area contributed by atoms with Gasteiger partial charge in [0.05, 0.1) is 6.61 Å². The van der Waals surface area contributed by atoms with Gasteiger partial charge in [-0.2, -0.15) is 0 Å². The van der Waals surface area contributed by atoms with Crippen LogP contribution in [0.15, 0.2) is 60.7 Å². The highest BCUT2D eigenvalue weighted by molar-refractivity contribution is 6.13. The van der Waals surface area contributed by atoms with Crippen molar-refractivity contribution < 1.29 is 34.4 Å². The predicted molar refractivity (Wildman–Crippen MR) is 94.2 cm³/mol. The molecule has 1 fully saturated rings. The Morgan fingerprint density at radius 1 is 0.926 bits per heavy atom. The normalized spacial score (nSPS) is 30.2. The van der Waals surface area contributed by atoms with Crippen LogP contribution in [0, 0.1) is 0 Å². The van der Waals surface area contributed by atoms with Crippen LogP contribution in [-0.4, -0.2) is 64.2 Å². The van der Waals surface area contributed by atoms with E-state index in [0.29, 0.717) is 0 Å². The van der Waals surface area contributed by atoms with Gasteiger partial charge in [0.15, 0.2) is 11.9 Å². The van der Waals surface area contributed by atoms with Gasteiger partial charge in [0.1, 0.15) is 6.10 Å². The Bertz CT molecular complexity index is 753. The molecular weight excluding hydrogens is 352 g/mol. The van der Waals surface area contributed by atoms with Gasteiger partial charge in [0, 0.05) is 18.2 Å². The minimum Gasteiger partial charge on any atom is -0.394 e. The third-order valence-corrected chi connectivity index (χ3v) is 4.82. The second-order valence-corrected chi connectivity index (χ2v) is 6.30. The number of aliphatic hydroxyl groups excluding tert-OH is 1. The standard InChI is InChI=1S/C20H20O7/c1-26-18-20(25,17(23)14-10-6-3-7-11-14)19(24,15(12-21)27-18)16(22)13-8-4-2-5-9-13/h2-11,15,18,21,24-25H,12H2,1H3/t15-,18+,19+,20+/m1/s1. The fourth-order valence-corrected chi connectivity index (χ4v) is 3.39.